The van der Waals surface area contributed by atoms with Crippen LogP contribution in [0.15, 0.2) is 0 Å². The number of aliphatic hydroxyl groups is 1. The van der Waals surface area contributed by atoms with Crippen molar-refractivity contribution >= 4 is 0 Å². The van der Waals surface area contributed by atoms with Crippen molar-refractivity contribution in [3.63, 3.8) is 0 Å². The molecular formula is C16H32N2O. The van der Waals surface area contributed by atoms with Gasteiger partial charge in [-0.05, 0) is 51.1 Å². The van der Waals surface area contributed by atoms with Gasteiger partial charge in [0.2, 0.25) is 0 Å². The summed E-state index contributed by atoms with van der Waals surface area (Å²) in [5.41, 5.74) is 0. The molecule has 0 amide bonds. The minimum atomic E-state index is -0.0393. The van der Waals surface area contributed by atoms with Gasteiger partial charge in [0, 0.05) is 19.1 Å². The Bertz CT molecular complexity index is 239. The van der Waals surface area contributed by atoms with Crippen LogP contribution in [0.5, 0.6) is 0 Å². The monoisotopic (exact) mass is 268 g/mol. The van der Waals surface area contributed by atoms with E-state index >= 15 is 0 Å². The molecular weight excluding hydrogens is 236 g/mol. The van der Waals surface area contributed by atoms with Crippen LogP contribution < -0.4 is 5.32 Å². The highest BCUT2D eigenvalue weighted by Gasteiger charge is 2.20. The fourth-order valence-electron chi connectivity index (χ4n) is 3.60. The van der Waals surface area contributed by atoms with Crippen LogP contribution in [0.1, 0.15) is 58.3 Å². The lowest BCUT2D eigenvalue weighted by Gasteiger charge is -2.31. The summed E-state index contributed by atoms with van der Waals surface area (Å²) in [6.45, 7) is 6.87. The smallest absolute Gasteiger partial charge is 0.0564 e. The van der Waals surface area contributed by atoms with Crippen LogP contribution in [0.25, 0.3) is 0 Å². The van der Waals surface area contributed by atoms with Gasteiger partial charge in [0.25, 0.3) is 0 Å². The molecule has 1 saturated carbocycles. The van der Waals surface area contributed by atoms with Crippen LogP contribution in [-0.4, -0.2) is 48.3 Å². The summed E-state index contributed by atoms with van der Waals surface area (Å²) in [6.07, 6.45) is 10.1. The van der Waals surface area contributed by atoms with Crippen molar-refractivity contribution in [2.75, 3.05) is 26.2 Å². The molecule has 3 nitrogen and oxygen atoms in total. The highest BCUT2D eigenvalue weighted by atomic mass is 16.3. The zero-order valence-electron chi connectivity index (χ0n) is 12.6. The zero-order chi connectivity index (χ0) is 13.5. The lowest BCUT2D eigenvalue weighted by atomic mass is 9.84. The van der Waals surface area contributed by atoms with E-state index in [4.69, 9.17) is 0 Å². The van der Waals surface area contributed by atoms with Crippen molar-refractivity contribution in [3.8, 4) is 0 Å². The van der Waals surface area contributed by atoms with E-state index in [2.05, 4.69) is 17.1 Å². The molecule has 1 aliphatic carbocycles. The lowest BCUT2D eigenvalue weighted by molar-refractivity contribution is 0.0819. The molecule has 2 rings (SSSR count). The molecule has 19 heavy (non-hydrogen) atoms. The number of nitrogens with one attached hydrogen (secondary N) is 1. The topological polar surface area (TPSA) is 35.5 Å². The van der Waals surface area contributed by atoms with Gasteiger partial charge in [-0.2, -0.15) is 0 Å². The van der Waals surface area contributed by atoms with Gasteiger partial charge in [-0.1, -0.05) is 26.2 Å². The van der Waals surface area contributed by atoms with Gasteiger partial charge in [0.05, 0.1) is 6.10 Å². The number of nitrogens with zero attached hydrogens (tertiary/aromatic N) is 1. The zero-order valence-corrected chi connectivity index (χ0v) is 12.6. The second-order valence-electron chi connectivity index (χ2n) is 6.52. The number of likely N-dealkylation sites (tertiary alicyclic amines) is 1. The molecule has 112 valence electrons. The maximum Gasteiger partial charge on any atom is 0.0564 e. The van der Waals surface area contributed by atoms with E-state index in [1.54, 1.807) is 0 Å². The first kappa shape index (κ1) is 15.3. The minimum absolute atomic E-state index is 0.0393. The third-order valence-corrected chi connectivity index (χ3v) is 5.00. The standard InChI is InChI=1S/C16H32N2O/c1-2-14-5-3-6-15(13-14)17-9-4-10-18-11-7-16(19)8-12-18/h14-17,19H,2-13H2,1H3. The van der Waals surface area contributed by atoms with Crippen molar-refractivity contribution in [1.29, 1.82) is 0 Å². The Morgan fingerprint density at radius 3 is 2.68 bits per heavy atom. The summed E-state index contributed by atoms with van der Waals surface area (Å²) >= 11 is 0. The Hall–Kier alpha value is -0.120. The predicted molar refractivity (Wildman–Crippen MR) is 80.3 cm³/mol. The molecule has 3 heteroatoms. The first-order valence-electron chi connectivity index (χ1n) is 8.41. The molecule has 1 heterocycles. The van der Waals surface area contributed by atoms with Gasteiger partial charge in [-0.25, -0.2) is 0 Å². The Morgan fingerprint density at radius 1 is 1.16 bits per heavy atom. The van der Waals surface area contributed by atoms with E-state index in [0.717, 1.165) is 37.9 Å². The third kappa shape index (κ3) is 5.41. The van der Waals surface area contributed by atoms with E-state index < -0.39 is 0 Å². The van der Waals surface area contributed by atoms with Gasteiger partial charge in [0.15, 0.2) is 0 Å². The number of hydrogen-bond donors (Lipinski definition) is 2. The Kier molecular flexibility index (Phi) is 6.62. The van der Waals surface area contributed by atoms with E-state index in [-0.39, 0.29) is 6.10 Å². The molecule has 2 aliphatic rings. The van der Waals surface area contributed by atoms with Crippen LogP contribution >= 0.6 is 0 Å². The Labute approximate surface area is 118 Å². The summed E-state index contributed by atoms with van der Waals surface area (Å²) in [5.74, 6) is 0.967. The maximum absolute atomic E-state index is 9.48. The summed E-state index contributed by atoms with van der Waals surface area (Å²) in [5, 5.41) is 13.2. The molecule has 0 bridgehead atoms. The van der Waals surface area contributed by atoms with Crippen molar-refractivity contribution in [3.05, 3.63) is 0 Å². The molecule has 2 atom stereocenters. The van der Waals surface area contributed by atoms with Gasteiger partial charge in [-0.3, -0.25) is 0 Å². The van der Waals surface area contributed by atoms with Crippen molar-refractivity contribution in [1.82, 2.24) is 10.2 Å². The van der Waals surface area contributed by atoms with Crippen LogP contribution in [0, 0.1) is 5.92 Å². The van der Waals surface area contributed by atoms with Crippen LogP contribution in [0.3, 0.4) is 0 Å². The minimum Gasteiger partial charge on any atom is -0.393 e. The van der Waals surface area contributed by atoms with E-state index in [0.29, 0.717) is 0 Å². The summed E-state index contributed by atoms with van der Waals surface area (Å²) < 4.78 is 0. The first-order chi connectivity index (χ1) is 9.28. The quantitative estimate of drug-likeness (QED) is 0.726. The summed E-state index contributed by atoms with van der Waals surface area (Å²) in [4.78, 5) is 2.50. The second kappa shape index (κ2) is 8.23. The molecule has 0 radical (unpaired) electrons. The summed E-state index contributed by atoms with van der Waals surface area (Å²) in [7, 11) is 0. The van der Waals surface area contributed by atoms with E-state index in [1.165, 1.54) is 51.6 Å². The number of piperidine rings is 1. The van der Waals surface area contributed by atoms with Crippen LogP contribution in [-0.2, 0) is 0 Å². The molecule has 1 aliphatic heterocycles. The maximum atomic E-state index is 9.48. The van der Waals surface area contributed by atoms with Crippen molar-refractivity contribution < 1.29 is 5.11 Å². The van der Waals surface area contributed by atoms with Gasteiger partial charge in [-0.15, -0.1) is 0 Å². The van der Waals surface area contributed by atoms with Gasteiger partial charge >= 0.3 is 0 Å². The molecule has 0 spiro atoms. The Balaban J connectivity index is 1.52. The average molecular weight is 268 g/mol. The Morgan fingerprint density at radius 2 is 1.95 bits per heavy atom. The lowest BCUT2D eigenvalue weighted by Crippen LogP contribution is -2.39. The van der Waals surface area contributed by atoms with Crippen LogP contribution in [0.2, 0.25) is 0 Å². The van der Waals surface area contributed by atoms with Crippen molar-refractivity contribution in [2.24, 2.45) is 5.92 Å². The van der Waals surface area contributed by atoms with Gasteiger partial charge in [0.1, 0.15) is 0 Å². The fraction of sp³-hybridized carbons (Fsp3) is 1.00. The molecule has 1 saturated heterocycles. The molecule has 2 fully saturated rings. The van der Waals surface area contributed by atoms with Crippen molar-refractivity contribution in [2.45, 2.75) is 70.4 Å². The van der Waals surface area contributed by atoms with Gasteiger partial charge < -0.3 is 15.3 Å². The average Bonchev–Trinajstić information content (AvgIpc) is 2.46. The molecule has 2 N–H and O–H groups in total. The molecule has 0 aromatic carbocycles. The number of rotatable bonds is 6. The molecule has 2 unspecified atom stereocenters. The molecule has 0 aromatic heterocycles. The van der Waals surface area contributed by atoms with Crippen LogP contribution in [0.4, 0.5) is 0 Å². The normalized spacial score (nSPS) is 30.6. The SMILES string of the molecule is CCC1CCCC(NCCCN2CCC(O)CC2)C1. The third-order valence-electron chi connectivity index (χ3n) is 5.00. The highest BCUT2D eigenvalue weighted by molar-refractivity contribution is 4.77. The van der Waals surface area contributed by atoms with E-state index in [9.17, 15) is 5.11 Å². The highest BCUT2D eigenvalue weighted by Crippen LogP contribution is 2.26. The van der Waals surface area contributed by atoms with E-state index in [1.807, 2.05) is 0 Å². The largest absolute Gasteiger partial charge is 0.393 e. The summed E-state index contributed by atoms with van der Waals surface area (Å²) in [6, 6.07) is 0.780. The fourth-order valence-corrected chi connectivity index (χ4v) is 3.60. The predicted octanol–water partition coefficient (Wildman–Crippen LogP) is 2.39. The number of aliphatic hydroxyl groups excluding tert-OH is 1. The first-order valence-corrected chi connectivity index (χ1v) is 8.41. The number of hydrogen-bond acceptors (Lipinski definition) is 3. The second-order valence-corrected chi connectivity index (χ2v) is 6.52. The molecule has 0 aromatic rings.